The molecule has 120 valence electrons. The van der Waals surface area contributed by atoms with E-state index in [1.165, 1.54) is 17.0 Å². The predicted octanol–water partition coefficient (Wildman–Crippen LogP) is 3.20. The molecule has 0 unspecified atom stereocenters. The number of halogens is 2. The largest absolute Gasteiger partial charge is 0.452 e. The molecule has 0 aliphatic rings. The molecule has 1 amide bonds. The summed E-state index contributed by atoms with van der Waals surface area (Å²) in [5.41, 5.74) is 1.14. The molecule has 0 saturated carbocycles. The lowest BCUT2D eigenvalue weighted by atomic mass is 10.2. The normalized spacial score (nSPS) is 10.2. The molecule has 0 saturated heterocycles. The van der Waals surface area contributed by atoms with Crippen LogP contribution in [0.5, 0.6) is 0 Å². The number of amides is 1. The first-order valence-corrected chi connectivity index (χ1v) is 7.49. The maximum atomic E-state index is 12.0. The van der Waals surface area contributed by atoms with Gasteiger partial charge < -0.3 is 9.64 Å². The summed E-state index contributed by atoms with van der Waals surface area (Å²) in [5.74, 6) is -0.994. The number of benzene rings is 1. The average molecular weight is 353 g/mol. The van der Waals surface area contributed by atoms with Gasteiger partial charge in [0.1, 0.15) is 10.3 Å². The zero-order chi connectivity index (χ0) is 16.8. The van der Waals surface area contributed by atoms with Gasteiger partial charge in [-0.25, -0.2) is 9.78 Å². The molecule has 1 aromatic carbocycles. The molecule has 0 atom stereocenters. The van der Waals surface area contributed by atoms with E-state index in [2.05, 4.69) is 4.98 Å². The Morgan fingerprint density at radius 1 is 1.13 bits per heavy atom. The number of likely N-dealkylation sites (N-methyl/N-ethyl adjacent to an activating group) is 1. The van der Waals surface area contributed by atoms with Gasteiger partial charge in [0, 0.05) is 13.6 Å². The number of rotatable bonds is 5. The molecule has 7 heteroatoms. The maximum absolute atomic E-state index is 12.0. The van der Waals surface area contributed by atoms with Gasteiger partial charge in [-0.15, -0.1) is 0 Å². The zero-order valence-electron chi connectivity index (χ0n) is 12.3. The number of ether oxygens (including phenoxy) is 1. The number of pyridine rings is 1. The van der Waals surface area contributed by atoms with Crippen molar-refractivity contribution in [3.05, 3.63) is 63.9 Å². The minimum atomic E-state index is -0.683. The predicted molar refractivity (Wildman–Crippen MR) is 87.5 cm³/mol. The van der Waals surface area contributed by atoms with Crippen molar-refractivity contribution in [1.29, 1.82) is 0 Å². The first-order chi connectivity index (χ1) is 11.0. The second-order valence-electron chi connectivity index (χ2n) is 4.81. The van der Waals surface area contributed by atoms with E-state index in [4.69, 9.17) is 27.9 Å². The second-order valence-corrected chi connectivity index (χ2v) is 5.59. The Kier molecular flexibility index (Phi) is 5.96. The molecule has 0 N–H and O–H groups in total. The Bertz CT molecular complexity index is 687. The average Bonchev–Trinajstić information content (AvgIpc) is 2.52. The molecule has 0 aliphatic carbocycles. The van der Waals surface area contributed by atoms with Gasteiger partial charge in [0.05, 0.1) is 5.56 Å². The van der Waals surface area contributed by atoms with E-state index in [0.717, 1.165) is 5.56 Å². The number of carbonyl (C=O) groups excluding carboxylic acids is 2. The molecule has 1 aromatic heterocycles. The highest BCUT2D eigenvalue weighted by atomic mass is 35.5. The number of aromatic nitrogens is 1. The van der Waals surface area contributed by atoms with Crippen molar-refractivity contribution in [2.45, 2.75) is 6.54 Å². The molecule has 1 heterocycles. The van der Waals surface area contributed by atoms with Crippen LogP contribution in [0.1, 0.15) is 15.9 Å². The summed E-state index contributed by atoms with van der Waals surface area (Å²) in [6.45, 7) is 0.0733. The van der Waals surface area contributed by atoms with Gasteiger partial charge in [-0.2, -0.15) is 0 Å². The standard InChI is InChI=1S/C16H14Cl2N2O3/c1-20(9-11-5-3-2-4-6-11)15(21)10-23-16(22)12-7-13(17)19-14(18)8-12/h2-8H,9-10H2,1H3. The van der Waals surface area contributed by atoms with Crippen LogP contribution in [0.15, 0.2) is 42.5 Å². The molecule has 0 spiro atoms. The summed E-state index contributed by atoms with van der Waals surface area (Å²) in [7, 11) is 1.64. The molecular weight excluding hydrogens is 339 g/mol. The smallest absolute Gasteiger partial charge is 0.338 e. The number of esters is 1. The van der Waals surface area contributed by atoms with E-state index in [1.54, 1.807) is 7.05 Å². The third-order valence-electron chi connectivity index (χ3n) is 3.01. The van der Waals surface area contributed by atoms with Crippen LogP contribution in [0.3, 0.4) is 0 Å². The van der Waals surface area contributed by atoms with Gasteiger partial charge in [-0.3, -0.25) is 4.79 Å². The van der Waals surface area contributed by atoms with E-state index in [-0.39, 0.29) is 28.4 Å². The van der Waals surface area contributed by atoms with Gasteiger partial charge >= 0.3 is 5.97 Å². The minimum Gasteiger partial charge on any atom is -0.452 e. The van der Waals surface area contributed by atoms with E-state index in [1.807, 2.05) is 30.3 Å². The van der Waals surface area contributed by atoms with Crippen LogP contribution in [-0.2, 0) is 16.1 Å². The molecule has 2 rings (SSSR count). The third kappa shape index (κ3) is 5.23. The topological polar surface area (TPSA) is 59.5 Å². The minimum absolute atomic E-state index is 0.0805. The van der Waals surface area contributed by atoms with Gasteiger partial charge in [0.15, 0.2) is 6.61 Å². The van der Waals surface area contributed by atoms with Crippen LogP contribution in [0.25, 0.3) is 0 Å². The second kappa shape index (κ2) is 7.94. The highest BCUT2D eigenvalue weighted by Gasteiger charge is 2.15. The van der Waals surface area contributed by atoms with Crippen LogP contribution in [-0.4, -0.2) is 35.4 Å². The van der Waals surface area contributed by atoms with E-state index in [0.29, 0.717) is 6.54 Å². The van der Waals surface area contributed by atoms with Crippen molar-refractivity contribution in [1.82, 2.24) is 9.88 Å². The fourth-order valence-corrected chi connectivity index (χ4v) is 2.31. The molecule has 5 nitrogen and oxygen atoms in total. The Morgan fingerprint density at radius 3 is 2.35 bits per heavy atom. The van der Waals surface area contributed by atoms with Gasteiger partial charge in [-0.1, -0.05) is 53.5 Å². The van der Waals surface area contributed by atoms with E-state index in [9.17, 15) is 9.59 Å². The number of hydrogen-bond acceptors (Lipinski definition) is 4. The maximum Gasteiger partial charge on any atom is 0.338 e. The summed E-state index contributed by atoms with van der Waals surface area (Å²) in [6.07, 6.45) is 0. The van der Waals surface area contributed by atoms with Crippen LogP contribution in [0.2, 0.25) is 10.3 Å². The highest BCUT2D eigenvalue weighted by Crippen LogP contribution is 2.15. The summed E-state index contributed by atoms with van der Waals surface area (Å²) >= 11 is 11.4. The van der Waals surface area contributed by atoms with Crippen LogP contribution in [0.4, 0.5) is 0 Å². The van der Waals surface area contributed by atoms with Gasteiger partial charge in [0.2, 0.25) is 0 Å². The third-order valence-corrected chi connectivity index (χ3v) is 3.40. The Balaban J connectivity index is 1.89. The van der Waals surface area contributed by atoms with Crippen molar-refractivity contribution in [2.75, 3.05) is 13.7 Å². The lowest BCUT2D eigenvalue weighted by Gasteiger charge is -2.17. The Hall–Kier alpha value is -2.11. The summed E-state index contributed by atoms with van der Waals surface area (Å²) in [5, 5.41) is 0.161. The summed E-state index contributed by atoms with van der Waals surface area (Å²) < 4.78 is 4.98. The molecule has 0 radical (unpaired) electrons. The molecular formula is C16H14Cl2N2O3. The highest BCUT2D eigenvalue weighted by molar-refractivity contribution is 6.32. The summed E-state index contributed by atoms with van der Waals surface area (Å²) in [4.78, 5) is 29.1. The van der Waals surface area contributed by atoms with Gasteiger partial charge in [0.25, 0.3) is 5.91 Å². The van der Waals surface area contributed by atoms with Crippen molar-refractivity contribution >= 4 is 35.1 Å². The van der Waals surface area contributed by atoms with Crippen LogP contribution < -0.4 is 0 Å². The molecule has 0 aliphatic heterocycles. The fraction of sp³-hybridized carbons (Fsp3) is 0.188. The molecule has 0 bridgehead atoms. The monoisotopic (exact) mass is 352 g/mol. The van der Waals surface area contributed by atoms with Crippen molar-refractivity contribution in [3.63, 3.8) is 0 Å². The molecule has 23 heavy (non-hydrogen) atoms. The summed E-state index contributed by atoms with van der Waals surface area (Å²) in [6, 6.07) is 12.2. The fourth-order valence-electron chi connectivity index (χ4n) is 1.85. The number of carbonyl (C=O) groups is 2. The molecule has 2 aromatic rings. The number of nitrogens with zero attached hydrogens (tertiary/aromatic N) is 2. The number of hydrogen-bond donors (Lipinski definition) is 0. The SMILES string of the molecule is CN(Cc1ccccc1)C(=O)COC(=O)c1cc(Cl)nc(Cl)c1. The first kappa shape index (κ1) is 17.2. The Morgan fingerprint density at radius 2 is 1.74 bits per heavy atom. The van der Waals surface area contributed by atoms with Crippen molar-refractivity contribution < 1.29 is 14.3 Å². The molecule has 0 fully saturated rings. The quantitative estimate of drug-likeness (QED) is 0.612. The lowest BCUT2D eigenvalue weighted by Crippen LogP contribution is -2.30. The van der Waals surface area contributed by atoms with Crippen LogP contribution in [0, 0.1) is 0 Å². The van der Waals surface area contributed by atoms with E-state index < -0.39 is 5.97 Å². The van der Waals surface area contributed by atoms with Gasteiger partial charge in [-0.05, 0) is 17.7 Å². The van der Waals surface area contributed by atoms with Crippen molar-refractivity contribution in [2.24, 2.45) is 0 Å². The zero-order valence-corrected chi connectivity index (χ0v) is 13.8. The van der Waals surface area contributed by atoms with Crippen molar-refractivity contribution in [3.8, 4) is 0 Å². The lowest BCUT2D eigenvalue weighted by molar-refractivity contribution is -0.133. The van der Waals surface area contributed by atoms with E-state index >= 15 is 0 Å². The van der Waals surface area contributed by atoms with Crippen LogP contribution >= 0.6 is 23.2 Å². The Labute approximate surface area is 143 Å². The first-order valence-electron chi connectivity index (χ1n) is 6.74.